The predicted molar refractivity (Wildman–Crippen MR) is 52.7 cm³/mol. The summed E-state index contributed by atoms with van der Waals surface area (Å²) in [5.41, 5.74) is 0. The van der Waals surface area contributed by atoms with Crippen LogP contribution in [0.2, 0.25) is 0 Å². The second kappa shape index (κ2) is 5.09. The quantitative estimate of drug-likeness (QED) is 0.363. The molecule has 1 aromatic carbocycles. The lowest BCUT2D eigenvalue weighted by atomic mass is 10.4. The summed E-state index contributed by atoms with van der Waals surface area (Å²) in [6.45, 7) is 3.69. The molecule has 0 aliphatic carbocycles. The van der Waals surface area contributed by atoms with E-state index in [9.17, 15) is 0 Å². The van der Waals surface area contributed by atoms with Gasteiger partial charge in [-0.15, -0.1) is 6.58 Å². The summed E-state index contributed by atoms with van der Waals surface area (Å²) in [6.07, 6.45) is 4.26. The van der Waals surface area contributed by atoms with Crippen molar-refractivity contribution in [3.8, 4) is 0 Å². The Kier molecular flexibility index (Phi) is 3.93. The largest absolute Gasteiger partial charge is 0.103 e. The van der Waals surface area contributed by atoms with Crippen LogP contribution in [0.3, 0.4) is 0 Å². The highest BCUT2D eigenvalue weighted by atomic mass is 31.1. The number of benzene rings is 1. The van der Waals surface area contributed by atoms with Crippen molar-refractivity contribution in [2.24, 2.45) is 0 Å². The molecule has 0 atom stereocenters. The summed E-state index contributed by atoms with van der Waals surface area (Å²) in [5.74, 6) is 0. The first-order chi connectivity index (χ1) is 5.43. The van der Waals surface area contributed by atoms with Crippen molar-refractivity contribution in [1.29, 1.82) is 0 Å². The number of rotatable bonds is 4. The molecule has 0 unspecified atom stereocenters. The standard InChI is InChI=1S/C10H12P/c1-2-3-9-11-10-7-5-4-6-8-10/h2,4-8H,1,3,9H2. The van der Waals surface area contributed by atoms with Crippen molar-refractivity contribution in [3.05, 3.63) is 43.0 Å². The maximum atomic E-state index is 3.69. The van der Waals surface area contributed by atoms with Gasteiger partial charge in [-0.2, -0.15) is 0 Å². The molecule has 1 rings (SSSR count). The van der Waals surface area contributed by atoms with Crippen molar-refractivity contribution in [2.45, 2.75) is 6.42 Å². The van der Waals surface area contributed by atoms with Gasteiger partial charge in [0.1, 0.15) is 0 Å². The van der Waals surface area contributed by atoms with Crippen LogP contribution in [0.25, 0.3) is 0 Å². The fourth-order valence-corrected chi connectivity index (χ4v) is 1.77. The van der Waals surface area contributed by atoms with Crippen molar-refractivity contribution in [1.82, 2.24) is 0 Å². The van der Waals surface area contributed by atoms with Gasteiger partial charge in [-0.1, -0.05) is 36.4 Å². The van der Waals surface area contributed by atoms with Gasteiger partial charge < -0.3 is 0 Å². The SMILES string of the molecule is C=CCC[P]c1ccccc1. The van der Waals surface area contributed by atoms with E-state index in [1.54, 1.807) is 0 Å². The molecule has 0 aromatic heterocycles. The zero-order chi connectivity index (χ0) is 7.94. The van der Waals surface area contributed by atoms with Crippen LogP contribution in [-0.4, -0.2) is 6.16 Å². The van der Waals surface area contributed by atoms with Crippen LogP contribution in [-0.2, 0) is 0 Å². The van der Waals surface area contributed by atoms with E-state index in [1.807, 2.05) is 12.1 Å². The highest BCUT2D eigenvalue weighted by molar-refractivity contribution is 7.47. The third-order valence-corrected chi connectivity index (χ3v) is 2.53. The molecule has 0 bridgehead atoms. The number of allylic oxidation sites excluding steroid dienone is 1. The maximum absolute atomic E-state index is 3.69. The highest BCUT2D eigenvalue weighted by Crippen LogP contribution is 2.10. The normalized spacial score (nSPS) is 10.5. The first kappa shape index (κ1) is 8.49. The van der Waals surface area contributed by atoms with Crippen molar-refractivity contribution in [3.63, 3.8) is 0 Å². The summed E-state index contributed by atoms with van der Waals surface area (Å²) < 4.78 is 0. The molecule has 0 saturated carbocycles. The van der Waals surface area contributed by atoms with E-state index in [2.05, 4.69) is 30.8 Å². The average molecular weight is 163 g/mol. The summed E-state index contributed by atoms with van der Waals surface area (Å²) in [4.78, 5) is 0. The molecule has 0 aliphatic rings. The second-order valence-electron chi connectivity index (χ2n) is 2.29. The van der Waals surface area contributed by atoms with Crippen LogP contribution in [0.4, 0.5) is 0 Å². The topological polar surface area (TPSA) is 0 Å². The van der Waals surface area contributed by atoms with Gasteiger partial charge in [-0.3, -0.25) is 0 Å². The van der Waals surface area contributed by atoms with Gasteiger partial charge in [0.25, 0.3) is 0 Å². The minimum atomic E-state index is 1.11. The molecule has 57 valence electrons. The van der Waals surface area contributed by atoms with Crippen LogP contribution in [0.1, 0.15) is 6.42 Å². The molecule has 1 heteroatoms. The Morgan fingerprint density at radius 3 is 2.64 bits per heavy atom. The number of hydrogen-bond acceptors (Lipinski definition) is 0. The Balaban J connectivity index is 2.33. The molecule has 1 aromatic rings. The van der Waals surface area contributed by atoms with Crippen molar-refractivity contribution in [2.75, 3.05) is 6.16 Å². The molecular formula is C10H12P. The Labute approximate surface area is 70.1 Å². The van der Waals surface area contributed by atoms with Gasteiger partial charge in [-0.05, 0) is 26.5 Å². The molecule has 11 heavy (non-hydrogen) atoms. The minimum absolute atomic E-state index is 1.11. The Hall–Kier alpha value is -0.610. The highest BCUT2D eigenvalue weighted by Gasteiger charge is 1.89. The van der Waals surface area contributed by atoms with Crippen LogP contribution >= 0.6 is 8.58 Å². The Morgan fingerprint density at radius 2 is 2.00 bits per heavy atom. The van der Waals surface area contributed by atoms with E-state index in [1.165, 1.54) is 20.0 Å². The lowest BCUT2D eigenvalue weighted by molar-refractivity contribution is 1.25. The van der Waals surface area contributed by atoms with Gasteiger partial charge >= 0.3 is 0 Å². The van der Waals surface area contributed by atoms with Crippen LogP contribution in [0.5, 0.6) is 0 Å². The summed E-state index contributed by atoms with van der Waals surface area (Å²) in [7, 11) is 1.41. The molecule has 0 spiro atoms. The van der Waals surface area contributed by atoms with E-state index in [4.69, 9.17) is 0 Å². The first-order valence-corrected chi connectivity index (χ1v) is 4.85. The molecule has 0 N–H and O–H groups in total. The second-order valence-corrected chi connectivity index (χ2v) is 3.57. The molecular weight excluding hydrogens is 151 g/mol. The fourth-order valence-electron chi connectivity index (χ4n) is 0.818. The Morgan fingerprint density at radius 1 is 1.27 bits per heavy atom. The maximum Gasteiger partial charge on any atom is -0.0193 e. The van der Waals surface area contributed by atoms with Crippen LogP contribution in [0, 0.1) is 0 Å². The summed E-state index contributed by atoms with van der Waals surface area (Å²) in [5, 5.41) is 1.40. The van der Waals surface area contributed by atoms with Gasteiger partial charge in [0.15, 0.2) is 0 Å². The third kappa shape index (κ3) is 3.34. The zero-order valence-electron chi connectivity index (χ0n) is 6.53. The number of hydrogen-bond donors (Lipinski definition) is 0. The Bertz CT molecular complexity index is 203. The van der Waals surface area contributed by atoms with E-state index in [0.717, 1.165) is 6.42 Å². The molecule has 1 radical (unpaired) electrons. The van der Waals surface area contributed by atoms with Gasteiger partial charge in [0.2, 0.25) is 0 Å². The van der Waals surface area contributed by atoms with Crippen molar-refractivity contribution < 1.29 is 0 Å². The summed E-state index contributed by atoms with van der Waals surface area (Å²) in [6, 6.07) is 10.5. The summed E-state index contributed by atoms with van der Waals surface area (Å²) >= 11 is 0. The molecule has 0 aliphatic heterocycles. The lowest BCUT2D eigenvalue weighted by Gasteiger charge is -1.96. The van der Waals surface area contributed by atoms with Crippen molar-refractivity contribution >= 4 is 13.9 Å². The first-order valence-electron chi connectivity index (χ1n) is 3.77. The van der Waals surface area contributed by atoms with Gasteiger partial charge in [-0.25, -0.2) is 0 Å². The average Bonchev–Trinajstić information content (AvgIpc) is 2.07. The minimum Gasteiger partial charge on any atom is -0.103 e. The molecule has 0 amide bonds. The smallest absolute Gasteiger partial charge is 0.0193 e. The van der Waals surface area contributed by atoms with E-state index in [-0.39, 0.29) is 0 Å². The fraction of sp³-hybridized carbons (Fsp3) is 0.200. The monoisotopic (exact) mass is 163 g/mol. The lowest BCUT2D eigenvalue weighted by Crippen LogP contribution is -1.92. The van der Waals surface area contributed by atoms with E-state index >= 15 is 0 Å². The van der Waals surface area contributed by atoms with Gasteiger partial charge in [0, 0.05) is 0 Å². The molecule has 0 nitrogen and oxygen atoms in total. The molecule has 0 saturated heterocycles. The third-order valence-electron chi connectivity index (χ3n) is 1.38. The van der Waals surface area contributed by atoms with E-state index in [0.29, 0.717) is 0 Å². The molecule has 0 heterocycles. The van der Waals surface area contributed by atoms with E-state index < -0.39 is 0 Å². The molecule has 0 fully saturated rings. The zero-order valence-corrected chi connectivity index (χ0v) is 7.43. The van der Waals surface area contributed by atoms with Crippen LogP contribution in [0.15, 0.2) is 43.0 Å². The van der Waals surface area contributed by atoms with Gasteiger partial charge in [0.05, 0.1) is 0 Å². The predicted octanol–water partition coefficient (Wildman–Crippen LogP) is 2.83. The van der Waals surface area contributed by atoms with Crippen LogP contribution < -0.4 is 5.30 Å².